The molecule has 0 fully saturated rings. The van der Waals surface area contributed by atoms with Crippen LogP contribution in [0.4, 0.5) is 0 Å². The lowest BCUT2D eigenvalue weighted by Crippen LogP contribution is -2.23. The van der Waals surface area contributed by atoms with E-state index in [9.17, 15) is 4.79 Å². The van der Waals surface area contributed by atoms with Crippen molar-refractivity contribution in [3.05, 3.63) is 67.1 Å². The molecular formula is C24H27Br2N3O2. The smallest absolute Gasteiger partial charge is 0.282 e. The predicted octanol–water partition coefficient (Wildman–Crippen LogP) is 6.74. The fraction of sp³-hybridized carbons (Fsp3) is 0.375. The summed E-state index contributed by atoms with van der Waals surface area (Å²) in [6.45, 7) is 11.1. The van der Waals surface area contributed by atoms with Crippen molar-refractivity contribution >= 4 is 49.0 Å². The van der Waals surface area contributed by atoms with E-state index in [1.165, 1.54) is 4.68 Å². The Morgan fingerprint density at radius 3 is 2.58 bits per heavy atom. The van der Waals surface area contributed by atoms with E-state index in [1.54, 1.807) is 12.3 Å². The fourth-order valence-electron chi connectivity index (χ4n) is 2.91. The van der Waals surface area contributed by atoms with Crippen molar-refractivity contribution in [2.75, 3.05) is 6.61 Å². The number of benzene rings is 2. The lowest BCUT2D eigenvalue weighted by Gasteiger charge is -2.19. The van der Waals surface area contributed by atoms with Gasteiger partial charge in [0.2, 0.25) is 0 Å². The van der Waals surface area contributed by atoms with Gasteiger partial charge >= 0.3 is 0 Å². The number of fused-ring (bicyclic) bond motifs is 1. The van der Waals surface area contributed by atoms with Crippen molar-refractivity contribution in [1.82, 2.24) is 9.66 Å². The predicted molar refractivity (Wildman–Crippen MR) is 134 cm³/mol. The Morgan fingerprint density at radius 2 is 1.94 bits per heavy atom. The Labute approximate surface area is 199 Å². The minimum Gasteiger partial charge on any atom is -0.492 e. The van der Waals surface area contributed by atoms with Gasteiger partial charge in [0.15, 0.2) is 0 Å². The molecule has 0 radical (unpaired) electrons. The maximum Gasteiger partial charge on any atom is 0.282 e. The molecule has 1 aromatic heterocycles. The third-order valence-corrected chi connectivity index (χ3v) is 5.94. The lowest BCUT2D eigenvalue weighted by atomic mass is 9.99. The van der Waals surface area contributed by atoms with Gasteiger partial charge in [-0.15, -0.1) is 0 Å². The monoisotopic (exact) mass is 547 g/mol. The molecule has 7 heteroatoms. The summed E-state index contributed by atoms with van der Waals surface area (Å²) in [5.41, 5.74) is 1.43. The maximum atomic E-state index is 13.2. The molecule has 0 amide bonds. The van der Waals surface area contributed by atoms with Gasteiger partial charge in [-0.25, -0.2) is 4.98 Å². The number of halogens is 2. The Morgan fingerprint density at radius 1 is 1.19 bits per heavy atom. The molecule has 2 aromatic carbocycles. The summed E-state index contributed by atoms with van der Waals surface area (Å²) < 4.78 is 9.00. The summed E-state index contributed by atoms with van der Waals surface area (Å²) in [5, 5.41) is 5.05. The highest BCUT2D eigenvalue weighted by molar-refractivity contribution is 9.10. The van der Waals surface area contributed by atoms with Crippen LogP contribution in [0.3, 0.4) is 0 Å². The van der Waals surface area contributed by atoms with E-state index in [4.69, 9.17) is 9.72 Å². The van der Waals surface area contributed by atoms with Gasteiger partial charge in [-0.3, -0.25) is 4.79 Å². The Balaban J connectivity index is 1.99. The molecule has 3 rings (SSSR count). The summed E-state index contributed by atoms with van der Waals surface area (Å²) in [7, 11) is 0. The maximum absolute atomic E-state index is 13.2. The molecule has 1 atom stereocenters. The molecular weight excluding hydrogens is 522 g/mol. The number of ether oxygens (including phenoxy) is 1. The molecule has 31 heavy (non-hydrogen) atoms. The standard InChI is InChI=1S/C24H27Br2N3O2/c1-6-15(2)22-28-20-9-8-17(25)12-18(20)23(30)29(22)27-13-16-7-10-21(19(26)11-16)31-14-24(3,4)5/h7-13,15H,6,14H2,1-5H3/t15-/m0/s1. The number of hydrogen-bond donors (Lipinski definition) is 0. The first-order chi connectivity index (χ1) is 14.6. The van der Waals surface area contributed by atoms with Crippen molar-refractivity contribution < 1.29 is 4.74 Å². The lowest BCUT2D eigenvalue weighted by molar-refractivity contribution is 0.197. The minimum atomic E-state index is -0.179. The molecule has 1 heterocycles. The Hall–Kier alpha value is -1.99. The van der Waals surface area contributed by atoms with Gasteiger partial charge in [0.1, 0.15) is 11.6 Å². The van der Waals surface area contributed by atoms with Crippen LogP contribution in [0.25, 0.3) is 10.9 Å². The van der Waals surface area contributed by atoms with E-state index in [2.05, 4.69) is 71.6 Å². The number of aromatic nitrogens is 2. The zero-order valence-electron chi connectivity index (χ0n) is 18.4. The van der Waals surface area contributed by atoms with Crippen LogP contribution < -0.4 is 10.3 Å². The average molecular weight is 549 g/mol. The summed E-state index contributed by atoms with van der Waals surface area (Å²) >= 11 is 7.01. The van der Waals surface area contributed by atoms with Crippen molar-refractivity contribution in [3.8, 4) is 5.75 Å². The van der Waals surface area contributed by atoms with Crippen LogP contribution in [-0.2, 0) is 0 Å². The molecule has 0 saturated carbocycles. The third kappa shape index (κ3) is 5.83. The molecule has 0 spiro atoms. The topological polar surface area (TPSA) is 56.5 Å². The van der Waals surface area contributed by atoms with Gasteiger partial charge < -0.3 is 4.74 Å². The molecule has 0 saturated heterocycles. The van der Waals surface area contributed by atoms with E-state index in [0.717, 1.165) is 26.7 Å². The first kappa shape index (κ1) is 23.7. The van der Waals surface area contributed by atoms with Crippen molar-refractivity contribution in [2.45, 2.75) is 47.0 Å². The second-order valence-electron chi connectivity index (χ2n) is 8.84. The molecule has 0 bridgehead atoms. The van der Waals surface area contributed by atoms with Gasteiger partial charge in [0.05, 0.1) is 28.2 Å². The third-order valence-electron chi connectivity index (χ3n) is 4.83. The molecule has 0 aliphatic heterocycles. The van der Waals surface area contributed by atoms with Crippen LogP contribution in [0.15, 0.2) is 55.2 Å². The summed E-state index contributed by atoms with van der Waals surface area (Å²) in [5.74, 6) is 1.53. The highest BCUT2D eigenvalue weighted by atomic mass is 79.9. The van der Waals surface area contributed by atoms with E-state index >= 15 is 0 Å². The van der Waals surface area contributed by atoms with E-state index < -0.39 is 0 Å². The normalized spacial score (nSPS) is 13.1. The molecule has 0 unspecified atom stereocenters. The van der Waals surface area contributed by atoms with Gasteiger partial charge in [0.25, 0.3) is 5.56 Å². The number of nitrogens with zero attached hydrogens (tertiary/aromatic N) is 3. The highest BCUT2D eigenvalue weighted by Crippen LogP contribution is 2.27. The molecule has 164 valence electrons. The van der Waals surface area contributed by atoms with Crippen molar-refractivity contribution in [1.29, 1.82) is 0 Å². The number of rotatable bonds is 6. The van der Waals surface area contributed by atoms with Crippen LogP contribution in [0.5, 0.6) is 5.75 Å². The molecule has 0 N–H and O–H groups in total. The van der Waals surface area contributed by atoms with E-state index in [0.29, 0.717) is 23.3 Å². The molecule has 5 nitrogen and oxygen atoms in total. The Bertz CT molecular complexity index is 1180. The van der Waals surface area contributed by atoms with E-state index in [1.807, 2.05) is 30.3 Å². The van der Waals surface area contributed by atoms with Gasteiger partial charge in [0, 0.05) is 10.4 Å². The summed E-state index contributed by atoms with van der Waals surface area (Å²) in [6.07, 6.45) is 2.53. The highest BCUT2D eigenvalue weighted by Gasteiger charge is 2.16. The van der Waals surface area contributed by atoms with Crippen LogP contribution >= 0.6 is 31.9 Å². The Kier molecular flexibility index (Phi) is 7.37. The van der Waals surface area contributed by atoms with Crippen molar-refractivity contribution in [3.63, 3.8) is 0 Å². The first-order valence-electron chi connectivity index (χ1n) is 10.3. The van der Waals surface area contributed by atoms with Gasteiger partial charge in [-0.2, -0.15) is 9.78 Å². The average Bonchev–Trinajstić information content (AvgIpc) is 2.71. The van der Waals surface area contributed by atoms with Crippen molar-refractivity contribution in [2.24, 2.45) is 10.5 Å². The fourth-order valence-corrected chi connectivity index (χ4v) is 3.78. The largest absolute Gasteiger partial charge is 0.492 e. The minimum absolute atomic E-state index is 0.0746. The van der Waals surface area contributed by atoms with E-state index in [-0.39, 0.29) is 16.9 Å². The molecule has 0 aliphatic carbocycles. The SMILES string of the molecule is CC[C@H](C)c1nc2ccc(Br)cc2c(=O)n1N=Cc1ccc(OCC(C)(C)C)c(Br)c1. The number of hydrogen-bond acceptors (Lipinski definition) is 4. The van der Waals surface area contributed by atoms with Crippen LogP contribution in [0, 0.1) is 5.41 Å². The molecule has 0 aliphatic rings. The quantitative estimate of drug-likeness (QED) is 0.320. The van der Waals surface area contributed by atoms with Crippen LogP contribution in [-0.4, -0.2) is 22.5 Å². The van der Waals surface area contributed by atoms with Gasteiger partial charge in [-0.05, 0) is 69.7 Å². The summed E-state index contributed by atoms with van der Waals surface area (Å²) in [6, 6.07) is 11.3. The second kappa shape index (κ2) is 9.65. The second-order valence-corrected chi connectivity index (χ2v) is 10.6. The zero-order chi connectivity index (χ0) is 22.8. The van der Waals surface area contributed by atoms with Crippen LogP contribution in [0.2, 0.25) is 0 Å². The van der Waals surface area contributed by atoms with Crippen LogP contribution in [0.1, 0.15) is 58.3 Å². The zero-order valence-corrected chi connectivity index (χ0v) is 21.6. The molecule has 3 aromatic rings. The summed E-state index contributed by atoms with van der Waals surface area (Å²) in [4.78, 5) is 17.9. The van der Waals surface area contributed by atoms with Gasteiger partial charge in [-0.1, -0.05) is 50.5 Å². The first-order valence-corrected chi connectivity index (χ1v) is 11.9.